The van der Waals surface area contributed by atoms with E-state index in [4.69, 9.17) is 13.9 Å². The van der Waals surface area contributed by atoms with Crippen LogP contribution < -0.4 is 20.3 Å². The lowest BCUT2D eigenvalue weighted by Crippen LogP contribution is -2.22. The Balaban J connectivity index is 1.61. The van der Waals surface area contributed by atoms with Crippen LogP contribution in [0.1, 0.15) is 15.9 Å². The molecular formula is C24H19N3O5. The minimum absolute atomic E-state index is 0.0487. The van der Waals surface area contributed by atoms with Gasteiger partial charge in [-0.25, -0.2) is 9.98 Å². The monoisotopic (exact) mass is 429 g/mol. The average molecular weight is 429 g/mol. The van der Waals surface area contributed by atoms with E-state index in [2.05, 4.69) is 15.3 Å². The Bertz CT molecular complexity index is 1390. The van der Waals surface area contributed by atoms with Gasteiger partial charge in [0.1, 0.15) is 35.9 Å². The third kappa shape index (κ3) is 3.98. The van der Waals surface area contributed by atoms with Gasteiger partial charge in [-0.1, -0.05) is 6.07 Å². The highest BCUT2D eigenvalue weighted by Crippen LogP contribution is 2.33. The number of amides is 1. The maximum Gasteiger partial charge on any atom is 0.262 e. The molecule has 32 heavy (non-hydrogen) atoms. The maximum atomic E-state index is 13.1. The van der Waals surface area contributed by atoms with Crippen LogP contribution >= 0.6 is 0 Å². The molecule has 0 fully saturated rings. The molecule has 0 unspecified atom stereocenters. The van der Waals surface area contributed by atoms with E-state index < -0.39 is 5.91 Å². The van der Waals surface area contributed by atoms with E-state index in [0.29, 0.717) is 47.2 Å². The second-order valence-corrected chi connectivity index (χ2v) is 7.30. The summed E-state index contributed by atoms with van der Waals surface area (Å²) in [5.41, 5.74) is 2.22. The van der Waals surface area contributed by atoms with E-state index in [1.807, 2.05) is 13.0 Å². The summed E-state index contributed by atoms with van der Waals surface area (Å²) < 4.78 is 17.1. The Kier molecular flexibility index (Phi) is 4.95. The zero-order valence-electron chi connectivity index (χ0n) is 17.2. The number of hydrogen-bond donors (Lipinski definition) is 2. The number of hydrogen-bond acceptors (Lipinski definition) is 7. The van der Waals surface area contributed by atoms with Crippen LogP contribution in [-0.2, 0) is 0 Å². The van der Waals surface area contributed by atoms with Crippen molar-refractivity contribution in [2.24, 2.45) is 4.99 Å². The topological polar surface area (TPSA) is 106 Å². The number of nitrogens with one attached hydrogen (secondary N) is 1. The highest BCUT2D eigenvalue weighted by Gasteiger charge is 2.16. The third-order valence-corrected chi connectivity index (χ3v) is 4.89. The number of carbonyl (C=O) groups is 1. The van der Waals surface area contributed by atoms with Crippen molar-refractivity contribution in [2.45, 2.75) is 6.92 Å². The minimum Gasteiger partial charge on any atom is -0.508 e. The fraction of sp³-hybridized carbons (Fsp3) is 0.125. The summed E-state index contributed by atoms with van der Waals surface area (Å²) in [7, 11) is 0. The minimum atomic E-state index is -0.420. The van der Waals surface area contributed by atoms with Gasteiger partial charge in [0.15, 0.2) is 11.5 Å². The number of aryl methyl sites for hydroxylation is 1. The van der Waals surface area contributed by atoms with Gasteiger partial charge in [-0.3, -0.25) is 4.79 Å². The predicted octanol–water partition coefficient (Wildman–Crippen LogP) is 4.10. The molecule has 0 radical (unpaired) electrons. The Morgan fingerprint density at radius 3 is 2.69 bits per heavy atom. The zero-order chi connectivity index (χ0) is 22.1. The summed E-state index contributed by atoms with van der Waals surface area (Å²) in [6.07, 6.45) is 1.67. The van der Waals surface area contributed by atoms with Crippen molar-refractivity contribution in [3.63, 3.8) is 0 Å². The number of aromatic nitrogens is 1. The molecule has 0 bridgehead atoms. The fourth-order valence-electron chi connectivity index (χ4n) is 3.30. The molecule has 4 aromatic rings. The van der Waals surface area contributed by atoms with Crippen molar-refractivity contribution in [1.29, 1.82) is 0 Å². The number of nitrogens with zero attached hydrogens (tertiary/aromatic N) is 2. The summed E-state index contributed by atoms with van der Waals surface area (Å²) >= 11 is 0. The van der Waals surface area contributed by atoms with Gasteiger partial charge in [0.2, 0.25) is 5.55 Å². The van der Waals surface area contributed by atoms with Crippen molar-refractivity contribution >= 4 is 28.4 Å². The van der Waals surface area contributed by atoms with Crippen LogP contribution in [0.15, 0.2) is 70.2 Å². The van der Waals surface area contributed by atoms with Crippen molar-refractivity contribution in [2.75, 3.05) is 18.5 Å². The zero-order valence-corrected chi connectivity index (χ0v) is 17.2. The molecule has 2 N–H and O–H groups in total. The molecule has 2 aromatic heterocycles. The molecule has 8 heteroatoms. The van der Waals surface area contributed by atoms with Gasteiger partial charge in [-0.15, -0.1) is 0 Å². The van der Waals surface area contributed by atoms with Gasteiger partial charge < -0.3 is 24.3 Å². The molecule has 1 aliphatic rings. The second kappa shape index (κ2) is 8.07. The van der Waals surface area contributed by atoms with Crippen LogP contribution in [0.25, 0.3) is 11.0 Å². The van der Waals surface area contributed by atoms with Gasteiger partial charge in [-0.2, -0.15) is 0 Å². The summed E-state index contributed by atoms with van der Waals surface area (Å²) in [5.74, 6) is 1.26. The van der Waals surface area contributed by atoms with Gasteiger partial charge in [0.25, 0.3) is 5.91 Å². The second-order valence-electron chi connectivity index (χ2n) is 7.30. The Hall–Kier alpha value is -4.33. The molecule has 5 rings (SSSR count). The van der Waals surface area contributed by atoms with E-state index in [0.717, 1.165) is 5.56 Å². The van der Waals surface area contributed by atoms with Gasteiger partial charge >= 0.3 is 0 Å². The first-order valence-corrected chi connectivity index (χ1v) is 10.0. The highest BCUT2D eigenvalue weighted by atomic mass is 16.6. The Morgan fingerprint density at radius 2 is 1.88 bits per heavy atom. The highest BCUT2D eigenvalue weighted by molar-refractivity contribution is 6.05. The standard InChI is InChI=1S/C24H19N3O5/c1-14-2-7-22(25-13-14)27-23(29)18-10-15-3-5-17(28)12-20(15)32-24(18)26-16-4-6-19-21(11-16)31-9-8-30-19/h2-7,10-13,28H,8-9H2,1H3,(H,25,27,29). The van der Waals surface area contributed by atoms with Crippen LogP contribution in [0.3, 0.4) is 0 Å². The lowest BCUT2D eigenvalue weighted by atomic mass is 10.1. The Morgan fingerprint density at radius 1 is 1.03 bits per heavy atom. The smallest absolute Gasteiger partial charge is 0.262 e. The normalized spacial score (nSPS) is 13.2. The first-order valence-electron chi connectivity index (χ1n) is 10.0. The van der Waals surface area contributed by atoms with Gasteiger partial charge in [0, 0.05) is 23.7 Å². The molecule has 0 aliphatic carbocycles. The fourth-order valence-corrected chi connectivity index (χ4v) is 3.30. The van der Waals surface area contributed by atoms with E-state index in [9.17, 15) is 9.90 Å². The third-order valence-electron chi connectivity index (χ3n) is 4.89. The lowest BCUT2D eigenvalue weighted by molar-refractivity contribution is 0.102. The molecule has 0 saturated carbocycles. The van der Waals surface area contributed by atoms with Gasteiger partial charge in [0.05, 0.1) is 5.69 Å². The number of carbonyl (C=O) groups excluding carboxylic acids is 1. The SMILES string of the molecule is Cc1ccc(NC(=O)c2cc3ccc(O)cc3oc2=Nc2ccc3c(c2)OCCO3)nc1. The first kappa shape index (κ1) is 19.6. The average Bonchev–Trinajstić information content (AvgIpc) is 2.80. The largest absolute Gasteiger partial charge is 0.508 e. The maximum absolute atomic E-state index is 13.1. The van der Waals surface area contributed by atoms with Crippen LogP contribution in [0.5, 0.6) is 17.2 Å². The quantitative estimate of drug-likeness (QED) is 0.508. The number of benzene rings is 2. The van der Waals surface area contributed by atoms with Crippen molar-refractivity contribution in [3.05, 3.63) is 77.5 Å². The summed E-state index contributed by atoms with van der Waals surface area (Å²) in [4.78, 5) is 21.9. The molecule has 1 amide bonds. The number of ether oxygens (including phenoxy) is 2. The predicted molar refractivity (Wildman–Crippen MR) is 117 cm³/mol. The van der Waals surface area contributed by atoms with Crippen LogP contribution in [0, 0.1) is 6.92 Å². The van der Waals surface area contributed by atoms with E-state index in [1.54, 1.807) is 42.6 Å². The molecule has 0 atom stereocenters. The van der Waals surface area contributed by atoms with E-state index >= 15 is 0 Å². The number of phenols is 1. The molecular weight excluding hydrogens is 410 g/mol. The number of fused-ring (bicyclic) bond motifs is 2. The van der Waals surface area contributed by atoms with E-state index in [-0.39, 0.29) is 16.9 Å². The molecule has 3 heterocycles. The number of rotatable bonds is 3. The van der Waals surface area contributed by atoms with Gasteiger partial charge in [-0.05, 0) is 48.9 Å². The molecule has 1 aliphatic heterocycles. The van der Waals surface area contributed by atoms with Crippen LogP contribution in [0.4, 0.5) is 11.5 Å². The number of phenolic OH excluding ortho intramolecular Hbond substituents is 1. The molecule has 0 spiro atoms. The van der Waals surface area contributed by atoms with Crippen molar-refractivity contribution < 1.29 is 23.8 Å². The number of anilines is 1. The summed E-state index contributed by atoms with van der Waals surface area (Å²) in [6, 6.07) is 15.1. The number of aromatic hydroxyl groups is 1. The van der Waals surface area contributed by atoms with Crippen LogP contribution in [0.2, 0.25) is 0 Å². The van der Waals surface area contributed by atoms with Crippen molar-refractivity contribution in [3.8, 4) is 17.2 Å². The molecule has 8 nitrogen and oxygen atoms in total. The lowest BCUT2D eigenvalue weighted by Gasteiger charge is -2.18. The summed E-state index contributed by atoms with van der Waals surface area (Å²) in [5, 5.41) is 13.2. The molecule has 0 saturated heterocycles. The summed E-state index contributed by atoms with van der Waals surface area (Å²) in [6.45, 7) is 2.86. The van der Waals surface area contributed by atoms with Crippen molar-refractivity contribution in [1.82, 2.24) is 4.98 Å². The Labute approximate surface area is 182 Å². The molecule has 2 aromatic carbocycles. The number of pyridine rings is 1. The van der Waals surface area contributed by atoms with Crippen LogP contribution in [-0.4, -0.2) is 29.2 Å². The molecule has 160 valence electrons. The van der Waals surface area contributed by atoms with E-state index in [1.165, 1.54) is 12.1 Å². The first-order chi connectivity index (χ1) is 15.5.